The van der Waals surface area contributed by atoms with Crippen LogP contribution in [-0.4, -0.2) is 52.5 Å². The highest BCUT2D eigenvalue weighted by Gasteiger charge is 2.38. The van der Waals surface area contributed by atoms with E-state index in [-0.39, 0.29) is 30.1 Å². The van der Waals surface area contributed by atoms with Crippen molar-refractivity contribution < 1.29 is 9.59 Å². The zero-order valence-electron chi connectivity index (χ0n) is 20.2. The van der Waals surface area contributed by atoms with Gasteiger partial charge in [0, 0.05) is 25.8 Å². The Labute approximate surface area is 206 Å². The van der Waals surface area contributed by atoms with Gasteiger partial charge in [0.25, 0.3) is 5.91 Å². The van der Waals surface area contributed by atoms with E-state index < -0.39 is 0 Å². The van der Waals surface area contributed by atoms with Gasteiger partial charge in [-0.3, -0.25) is 9.69 Å². The van der Waals surface area contributed by atoms with Gasteiger partial charge >= 0.3 is 6.03 Å². The molecule has 2 heterocycles. The predicted octanol–water partition coefficient (Wildman–Crippen LogP) is 4.87. The molecule has 4 rings (SSSR count). The molecular weight excluding hydrogens is 452 g/mol. The lowest BCUT2D eigenvalue weighted by atomic mass is 10.0. The number of aromatic nitrogens is 2. The van der Waals surface area contributed by atoms with Gasteiger partial charge in [-0.25, -0.2) is 9.78 Å². The number of carbonyl (C=O) groups is 2. The maximum absolute atomic E-state index is 12.7. The number of carbonyl (C=O) groups excluding carboxylic acids is 2. The van der Waals surface area contributed by atoms with E-state index in [0.717, 1.165) is 31.2 Å². The third kappa shape index (κ3) is 5.12. The van der Waals surface area contributed by atoms with Crippen molar-refractivity contribution in [1.82, 2.24) is 20.2 Å². The van der Waals surface area contributed by atoms with Crippen LogP contribution >= 0.6 is 11.6 Å². The Balaban J connectivity index is 1.46. The first-order chi connectivity index (χ1) is 16.2. The molecule has 1 saturated carbocycles. The van der Waals surface area contributed by atoms with Crippen molar-refractivity contribution >= 4 is 35.3 Å². The van der Waals surface area contributed by atoms with Crippen molar-refractivity contribution in [3.05, 3.63) is 46.6 Å². The number of nitrogens with zero attached hydrogens (tertiary/aromatic N) is 4. The quantitative estimate of drug-likeness (QED) is 0.585. The van der Waals surface area contributed by atoms with Crippen LogP contribution in [0.25, 0.3) is 0 Å². The summed E-state index contributed by atoms with van der Waals surface area (Å²) in [6, 6.07) is 7.31. The summed E-state index contributed by atoms with van der Waals surface area (Å²) in [6.45, 7) is 6.85. The van der Waals surface area contributed by atoms with E-state index in [1.807, 2.05) is 20.0 Å². The minimum Gasteiger partial charge on any atom is -0.349 e. The van der Waals surface area contributed by atoms with E-state index in [0.29, 0.717) is 34.8 Å². The molecular formula is C25H33ClN6O2. The average Bonchev–Trinajstić information content (AvgIpc) is 3.41. The van der Waals surface area contributed by atoms with Crippen LogP contribution in [0.1, 0.15) is 68.4 Å². The van der Waals surface area contributed by atoms with E-state index in [2.05, 4.69) is 34.4 Å². The van der Waals surface area contributed by atoms with Gasteiger partial charge in [-0.2, -0.15) is 4.98 Å². The first kappa shape index (κ1) is 24.3. The number of anilines is 2. The van der Waals surface area contributed by atoms with Crippen LogP contribution in [0.4, 0.5) is 16.6 Å². The predicted molar refractivity (Wildman–Crippen MR) is 134 cm³/mol. The maximum Gasteiger partial charge on any atom is 0.325 e. The standard InChI is InChI=1S/C25H33ClN6O2/c1-15(2)21-14-31(4)25(34)32(21)22-11-12-27-24(30-22)28-16(3)17-9-10-19(20(26)13-17)23(33)29-18-7-5-6-8-18/h9-13,15-16,18,21H,5-8,14H2,1-4H3,(H,29,33)(H,27,28,30)/t16?,21-/m1/s1. The Morgan fingerprint density at radius 1 is 1.18 bits per heavy atom. The van der Waals surface area contributed by atoms with Crippen molar-refractivity contribution in [2.75, 3.05) is 23.8 Å². The second kappa shape index (κ2) is 10.2. The summed E-state index contributed by atoms with van der Waals surface area (Å²) >= 11 is 6.47. The number of benzene rings is 1. The smallest absolute Gasteiger partial charge is 0.325 e. The second-order valence-electron chi connectivity index (χ2n) is 9.64. The van der Waals surface area contributed by atoms with Gasteiger partial charge in [0.2, 0.25) is 5.95 Å². The van der Waals surface area contributed by atoms with Crippen LogP contribution in [0.2, 0.25) is 5.02 Å². The van der Waals surface area contributed by atoms with Crippen molar-refractivity contribution in [2.45, 2.75) is 64.6 Å². The van der Waals surface area contributed by atoms with Crippen molar-refractivity contribution in [3.63, 3.8) is 0 Å². The van der Waals surface area contributed by atoms with Crippen LogP contribution in [0.5, 0.6) is 0 Å². The number of urea groups is 1. The lowest BCUT2D eigenvalue weighted by molar-refractivity contribution is 0.0938. The molecule has 34 heavy (non-hydrogen) atoms. The minimum absolute atomic E-state index is 0.0550. The third-order valence-electron chi connectivity index (χ3n) is 6.76. The number of nitrogens with one attached hydrogen (secondary N) is 2. The Hall–Kier alpha value is -2.87. The molecule has 2 fully saturated rings. The molecule has 9 heteroatoms. The highest BCUT2D eigenvalue weighted by molar-refractivity contribution is 6.33. The van der Waals surface area contributed by atoms with Crippen molar-refractivity contribution in [1.29, 1.82) is 0 Å². The molecule has 0 spiro atoms. The first-order valence-electron chi connectivity index (χ1n) is 12.0. The molecule has 0 radical (unpaired) electrons. The van der Waals surface area contributed by atoms with Crippen molar-refractivity contribution in [3.8, 4) is 0 Å². The molecule has 3 amide bonds. The molecule has 182 valence electrons. The molecule has 1 aromatic heterocycles. The van der Waals surface area contributed by atoms with Crippen LogP contribution in [0, 0.1) is 5.92 Å². The topological polar surface area (TPSA) is 90.5 Å². The molecule has 2 aromatic rings. The summed E-state index contributed by atoms with van der Waals surface area (Å²) in [5.74, 6) is 1.18. The number of likely N-dealkylation sites (N-methyl/N-ethyl adjacent to an activating group) is 1. The highest BCUT2D eigenvalue weighted by Crippen LogP contribution is 2.28. The maximum atomic E-state index is 12.7. The molecule has 2 atom stereocenters. The number of amides is 3. The highest BCUT2D eigenvalue weighted by atomic mass is 35.5. The number of halogens is 1. The number of hydrogen-bond donors (Lipinski definition) is 2. The normalized spacial score (nSPS) is 19.7. The van der Waals surface area contributed by atoms with Gasteiger partial charge in [0.15, 0.2) is 0 Å². The minimum atomic E-state index is -0.155. The SMILES string of the molecule is CC(Nc1nccc(N2C(=O)N(C)C[C@@H]2C(C)C)n1)c1ccc(C(=O)NC2CCCC2)c(Cl)c1. The lowest BCUT2D eigenvalue weighted by Crippen LogP contribution is -2.38. The van der Waals surface area contributed by atoms with E-state index in [4.69, 9.17) is 11.6 Å². The molecule has 1 unspecified atom stereocenters. The zero-order valence-corrected chi connectivity index (χ0v) is 21.0. The fourth-order valence-electron chi connectivity index (χ4n) is 4.69. The van der Waals surface area contributed by atoms with E-state index in [1.165, 1.54) is 0 Å². The van der Waals surface area contributed by atoms with E-state index in [9.17, 15) is 9.59 Å². The van der Waals surface area contributed by atoms with E-state index in [1.54, 1.807) is 34.2 Å². The molecule has 2 aliphatic rings. The summed E-state index contributed by atoms with van der Waals surface area (Å²) in [6.07, 6.45) is 6.02. The molecule has 1 aliphatic heterocycles. The Morgan fingerprint density at radius 3 is 2.59 bits per heavy atom. The van der Waals surface area contributed by atoms with Gasteiger partial charge in [-0.1, -0.05) is 44.4 Å². The van der Waals surface area contributed by atoms with Crippen LogP contribution in [-0.2, 0) is 0 Å². The summed E-state index contributed by atoms with van der Waals surface area (Å²) in [4.78, 5) is 37.8. The summed E-state index contributed by atoms with van der Waals surface area (Å²) in [5.41, 5.74) is 1.40. The Bertz CT molecular complexity index is 1060. The Kier molecular flexibility index (Phi) is 7.26. The Morgan fingerprint density at radius 2 is 1.91 bits per heavy atom. The van der Waals surface area contributed by atoms with Crippen LogP contribution in [0.15, 0.2) is 30.5 Å². The van der Waals surface area contributed by atoms with Gasteiger partial charge in [-0.15, -0.1) is 0 Å². The monoisotopic (exact) mass is 484 g/mol. The van der Waals surface area contributed by atoms with Gasteiger partial charge in [0.05, 0.1) is 22.7 Å². The fraction of sp³-hybridized carbons (Fsp3) is 0.520. The zero-order chi connectivity index (χ0) is 24.4. The summed E-state index contributed by atoms with van der Waals surface area (Å²) < 4.78 is 0. The molecule has 0 bridgehead atoms. The lowest BCUT2D eigenvalue weighted by Gasteiger charge is -2.25. The molecule has 1 aromatic carbocycles. The molecule has 2 N–H and O–H groups in total. The van der Waals surface area contributed by atoms with Crippen molar-refractivity contribution in [2.24, 2.45) is 5.92 Å². The van der Waals surface area contributed by atoms with Crippen LogP contribution in [0.3, 0.4) is 0 Å². The van der Waals surface area contributed by atoms with Crippen LogP contribution < -0.4 is 15.5 Å². The summed E-state index contributed by atoms with van der Waals surface area (Å²) in [7, 11) is 1.81. The molecule has 1 saturated heterocycles. The summed E-state index contributed by atoms with van der Waals surface area (Å²) in [5, 5.41) is 6.79. The number of hydrogen-bond acceptors (Lipinski definition) is 5. The van der Waals surface area contributed by atoms with Gasteiger partial charge < -0.3 is 15.5 Å². The third-order valence-corrected chi connectivity index (χ3v) is 7.07. The largest absolute Gasteiger partial charge is 0.349 e. The van der Waals surface area contributed by atoms with Gasteiger partial charge in [0.1, 0.15) is 5.82 Å². The first-order valence-corrected chi connectivity index (χ1v) is 12.4. The van der Waals surface area contributed by atoms with Gasteiger partial charge in [-0.05, 0) is 49.4 Å². The molecule has 8 nitrogen and oxygen atoms in total. The van der Waals surface area contributed by atoms with E-state index >= 15 is 0 Å². The molecule has 1 aliphatic carbocycles. The fourth-order valence-corrected chi connectivity index (χ4v) is 4.97. The second-order valence-corrected chi connectivity index (χ2v) is 10.1. The number of rotatable bonds is 7. The average molecular weight is 485 g/mol.